The molecule has 3 aromatic rings. The van der Waals surface area contributed by atoms with Crippen molar-refractivity contribution in [2.24, 2.45) is 0 Å². The molecule has 0 saturated carbocycles. The molecule has 3 fully saturated rings. The molecule has 210 valence electrons. The average molecular weight is 551 g/mol. The van der Waals surface area contributed by atoms with Crippen molar-refractivity contribution in [3.63, 3.8) is 0 Å². The number of halogens is 3. The fourth-order valence-corrected chi connectivity index (χ4v) is 6.19. The molecule has 4 heterocycles. The molecule has 3 aliphatic heterocycles. The Hall–Kier alpha value is -3.59. The van der Waals surface area contributed by atoms with E-state index in [9.17, 15) is 18.0 Å². The van der Waals surface area contributed by atoms with Gasteiger partial charge in [0, 0.05) is 63.0 Å². The Morgan fingerprint density at radius 3 is 2.35 bits per heavy atom. The number of para-hydroxylation sites is 1. The van der Waals surface area contributed by atoms with Gasteiger partial charge in [0.15, 0.2) is 0 Å². The number of nitrogens with zero attached hydrogens (tertiary/aromatic N) is 4. The first-order chi connectivity index (χ1) is 19.2. The summed E-state index contributed by atoms with van der Waals surface area (Å²) in [6, 6.07) is 16.3. The van der Waals surface area contributed by atoms with Gasteiger partial charge in [-0.25, -0.2) is 9.78 Å². The number of pyridine rings is 1. The standard InChI is InChI=1S/C31H33F3N4O2/c1-22-17-26(23-9-10-28(35-19-23)37-13-5-6-14-37)24(18-27(22)31(32,33)34)20-36-15-11-30(12-16-36)21-38(29(39)40-30)25-7-3-2-4-8-25/h2-4,7-10,17-19H,5-6,11-16,20-21H2,1H3. The van der Waals surface area contributed by atoms with Crippen LogP contribution in [0.1, 0.15) is 42.4 Å². The Kier molecular flexibility index (Phi) is 6.94. The minimum Gasteiger partial charge on any atom is -0.441 e. The molecule has 3 aliphatic rings. The van der Waals surface area contributed by atoms with Crippen molar-refractivity contribution >= 4 is 17.6 Å². The fourth-order valence-electron chi connectivity index (χ4n) is 6.19. The van der Waals surface area contributed by atoms with Gasteiger partial charge in [-0.2, -0.15) is 13.2 Å². The summed E-state index contributed by atoms with van der Waals surface area (Å²) in [5.74, 6) is 0.906. The van der Waals surface area contributed by atoms with E-state index in [1.165, 1.54) is 13.0 Å². The second kappa shape index (κ2) is 10.4. The molecule has 1 aromatic heterocycles. The van der Waals surface area contributed by atoms with Gasteiger partial charge in [-0.15, -0.1) is 0 Å². The Balaban J connectivity index is 1.21. The quantitative estimate of drug-likeness (QED) is 0.355. The lowest BCUT2D eigenvalue weighted by Crippen LogP contribution is -2.46. The van der Waals surface area contributed by atoms with Gasteiger partial charge in [0.05, 0.1) is 12.1 Å². The molecule has 0 aliphatic carbocycles. The zero-order valence-corrected chi connectivity index (χ0v) is 22.6. The Labute approximate surface area is 232 Å². The Morgan fingerprint density at radius 1 is 0.975 bits per heavy atom. The molecule has 0 radical (unpaired) electrons. The van der Waals surface area contributed by atoms with Crippen LogP contribution >= 0.6 is 0 Å². The zero-order chi connectivity index (χ0) is 27.9. The van der Waals surface area contributed by atoms with Gasteiger partial charge in [0.25, 0.3) is 0 Å². The molecule has 3 saturated heterocycles. The third kappa shape index (κ3) is 5.27. The highest BCUT2D eigenvalue weighted by molar-refractivity contribution is 5.90. The van der Waals surface area contributed by atoms with Crippen LogP contribution in [-0.4, -0.2) is 54.3 Å². The van der Waals surface area contributed by atoms with Crippen LogP contribution in [0.15, 0.2) is 60.8 Å². The van der Waals surface area contributed by atoms with E-state index in [1.807, 2.05) is 42.5 Å². The first kappa shape index (κ1) is 26.6. The molecule has 6 nitrogen and oxygen atoms in total. The molecule has 0 N–H and O–H groups in total. The highest BCUT2D eigenvalue weighted by Crippen LogP contribution is 2.39. The molecule has 1 amide bonds. The largest absolute Gasteiger partial charge is 0.441 e. The number of hydrogen-bond acceptors (Lipinski definition) is 5. The van der Waals surface area contributed by atoms with Gasteiger partial charge in [0.2, 0.25) is 0 Å². The zero-order valence-electron chi connectivity index (χ0n) is 22.6. The van der Waals surface area contributed by atoms with Crippen molar-refractivity contribution in [1.29, 1.82) is 0 Å². The molecule has 2 aromatic carbocycles. The van der Waals surface area contributed by atoms with E-state index < -0.39 is 17.3 Å². The fraction of sp³-hybridized carbons (Fsp3) is 0.419. The van der Waals surface area contributed by atoms with Crippen LogP contribution < -0.4 is 9.80 Å². The minimum atomic E-state index is -4.43. The topological polar surface area (TPSA) is 48.9 Å². The minimum absolute atomic E-state index is 0.200. The van der Waals surface area contributed by atoms with Crippen LogP contribution in [0.2, 0.25) is 0 Å². The molecule has 40 heavy (non-hydrogen) atoms. The van der Waals surface area contributed by atoms with Crippen LogP contribution in [-0.2, 0) is 17.5 Å². The van der Waals surface area contributed by atoms with Crippen molar-refractivity contribution in [2.75, 3.05) is 42.5 Å². The van der Waals surface area contributed by atoms with E-state index in [2.05, 4.69) is 14.8 Å². The van der Waals surface area contributed by atoms with Gasteiger partial charge >= 0.3 is 12.3 Å². The van der Waals surface area contributed by atoms with Crippen LogP contribution in [0.25, 0.3) is 11.1 Å². The number of piperidine rings is 1. The maximum Gasteiger partial charge on any atom is 0.416 e. The van der Waals surface area contributed by atoms with Crippen LogP contribution in [0.3, 0.4) is 0 Å². The SMILES string of the molecule is Cc1cc(-c2ccc(N3CCCC3)nc2)c(CN2CCC3(CC2)CN(c2ccccc2)C(=O)O3)cc1C(F)(F)F. The lowest BCUT2D eigenvalue weighted by atomic mass is 9.90. The number of benzene rings is 2. The number of anilines is 2. The number of carbonyl (C=O) groups excluding carboxylic acids is 1. The van der Waals surface area contributed by atoms with Gasteiger partial charge in [-0.3, -0.25) is 9.80 Å². The second-order valence-corrected chi connectivity index (χ2v) is 11.2. The number of hydrogen-bond donors (Lipinski definition) is 0. The highest BCUT2D eigenvalue weighted by atomic mass is 19.4. The van der Waals surface area contributed by atoms with Crippen LogP contribution in [0, 0.1) is 6.92 Å². The van der Waals surface area contributed by atoms with Crippen molar-refractivity contribution in [2.45, 2.75) is 50.9 Å². The molecule has 0 atom stereocenters. The smallest absolute Gasteiger partial charge is 0.416 e. The first-order valence-electron chi connectivity index (χ1n) is 13.9. The lowest BCUT2D eigenvalue weighted by molar-refractivity contribution is -0.138. The average Bonchev–Trinajstić information content (AvgIpc) is 3.59. The summed E-state index contributed by atoms with van der Waals surface area (Å²) in [7, 11) is 0. The van der Waals surface area contributed by atoms with Crippen molar-refractivity contribution in [1.82, 2.24) is 9.88 Å². The molecular formula is C31H33F3N4O2. The van der Waals surface area contributed by atoms with Crippen LogP contribution in [0.4, 0.5) is 29.5 Å². The third-order valence-electron chi connectivity index (χ3n) is 8.44. The Bertz CT molecular complexity index is 1360. The molecular weight excluding hydrogens is 517 g/mol. The van der Waals surface area contributed by atoms with E-state index in [-0.39, 0.29) is 11.7 Å². The summed E-state index contributed by atoms with van der Waals surface area (Å²) >= 11 is 0. The number of alkyl halides is 3. The number of amides is 1. The van der Waals surface area contributed by atoms with Crippen LogP contribution in [0.5, 0.6) is 0 Å². The van der Waals surface area contributed by atoms with E-state index in [4.69, 9.17) is 4.74 Å². The lowest BCUT2D eigenvalue weighted by Gasteiger charge is -2.37. The maximum absolute atomic E-state index is 13.9. The predicted molar refractivity (Wildman–Crippen MR) is 148 cm³/mol. The second-order valence-electron chi connectivity index (χ2n) is 11.2. The predicted octanol–water partition coefficient (Wildman–Crippen LogP) is 6.67. The normalized spacial score (nSPS) is 19.4. The number of aromatic nitrogens is 1. The summed E-state index contributed by atoms with van der Waals surface area (Å²) in [4.78, 5) is 23.4. The van der Waals surface area contributed by atoms with E-state index >= 15 is 0 Å². The summed E-state index contributed by atoms with van der Waals surface area (Å²) in [6.07, 6.45) is 0.544. The van der Waals surface area contributed by atoms with Gasteiger partial charge in [0.1, 0.15) is 11.4 Å². The molecule has 0 unspecified atom stereocenters. The van der Waals surface area contributed by atoms with Gasteiger partial charge < -0.3 is 9.64 Å². The van der Waals surface area contributed by atoms with Crippen molar-refractivity contribution < 1.29 is 22.7 Å². The highest BCUT2D eigenvalue weighted by Gasteiger charge is 2.47. The van der Waals surface area contributed by atoms with Crippen molar-refractivity contribution in [3.8, 4) is 11.1 Å². The molecule has 6 rings (SSSR count). The summed E-state index contributed by atoms with van der Waals surface area (Å²) < 4.78 is 47.6. The van der Waals surface area contributed by atoms with E-state index in [1.54, 1.807) is 17.2 Å². The maximum atomic E-state index is 13.9. The van der Waals surface area contributed by atoms with E-state index in [0.29, 0.717) is 44.6 Å². The first-order valence-corrected chi connectivity index (χ1v) is 13.9. The summed E-state index contributed by atoms with van der Waals surface area (Å²) in [5.41, 5.74) is 2.03. The monoisotopic (exact) mass is 550 g/mol. The third-order valence-corrected chi connectivity index (χ3v) is 8.44. The number of ether oxygens (including phenoxy) is 1. The van der Waals surface area contributed by atoms with Gasteiger partial charge in [-0.05, 0) is 66.8 Å². The number of aryl methyl sites for hydroxylation is 1. The van der Waals surface area contributed by atoms with E-state index in [0.717, 1.165) is 48.6 Å². The summed E-state index contributed by atoms with van der Waals surface area (Å²) in [6.45, 7) is 5.57. The molecule has 1 spiro atoms. The van der Waals surface area contributed by atoms with Gasteiger partial charge in [-0.1, -0.05) is 24.3 Å². The summed E-state index contributed by atoms with van der Waals surface area (Å²) in [5, 5.41) is 0. The number of carbonyl (C=O) groups is 1. The molecule has 9 heteroatoms. The Morgan fingerprint density at radius 2 is 1.70 bits per heavy atom. The number of rotatable bonds is 5. The number of likely N-dealkylation sites (tertiary alicyclic amines) is 1. The van der Waals surface area contributed by atoms with Crippen molar-refractivity contribution in [3.05, 3.63) is 77.5 Å². The molecule has 0 bridgehead atoms.